The van der Waals surface area contributed by atoms with Gasteiger partial charge in [-0.2, -0.15) is 10.1 Å². The number of hydrogen-bond donors (Lipinski definition) is 2. The van der Waals surface area contributed by atoms with Gasteiger partial charge in [-0.3, -0.25) is 4.79 Å². The number of anilines is 1. The first-order chi connectivity index (χ1) is 11.0. The van der Waals surface area contributed by atoms with E-state index in [1.54, 1.807) is 0 Å². The van der Waals surface area contributed by atoms with Crippen LogP contribution in [0.25, 0.3) is 0 Å². The fourth-order valence-electron chi connectivity index (χ4n) is 1.47. The third-order valence-electron chi connectivity index (χ3n) is 2.49. The van der Waals surface area contributed by atoms with Crippen molar-refractivity contribution in [1.29, 1.82) is 0 Å². The number of thioether (sulfide) groups is 1. The molecule has 0 bridgehead atoms. The average molecular weight is 337 g/mol. The largest absolute Gasteiger partial charge is 0.465 e. The van der Waals surface area contributed by atoms with Crippen LogP contribution < -0.4 is 5.43 Å². The summed E-state index contributed by atoms with van der Waals surface area (Å²) in [5, 5.41) is 11.1. The molecule has 0 fully saturated rings. The summed E-state index contributed by atoms with van der Waals surface area (Å²) in [6.45, 7) is 6.24. The van der Waals surface area contributed by atoms with Crippen molar-refractivity contribution in [3.63, 3.8) is 0 Å². The Labute approximate surface area is 138 Å². The van der Waals surface area contributed by atoms with Crippen molar-refractivity contribution in [1.82, 2.24) is 15.2 Å². The number of aromatic amines is 1. The molecule has 0 amide bonds. The minimum absolute atomic E-state index is 0.166. The number of hydrogen-bond acceptors (Lipinski definition) is 8. The first kappa shape index (κ1) is 17.1. The Morgan fingerprint density at radius 2 is 2.39 bits per heavy atom. The Morgan fingerprint density at radius 1 is 1.57 bits per heavy atom. The number of esters is 1. The van der Waals surface area contributed by atoms with Crippen molar-refractivity contribution in [2.75, 3.05) is 17.8 Å². The molecule has 0 saturated carbocycles. The summed E-state index contributed by atoms with van der Waals surface area (Å²) in [4.78, 5) is 15.6. The van der Waals surface area contributed by atoms with E-state index < -0.39 is 0 Å². The molecule has 0 saturated heterocycles. The number of ether oxygens (including phenoxy) is 1. The molecular formula is C14H19N5O3S. The van der Waals surface area contributed by atoms with Gasteiger partial charge in [0.2, 0.25) is 11.1 Å². The molecule has 0 aliphatic carbocycles. The summed E-state index contributed by atoms with van der Waals surface area (Å²) in [5.41, 5.74) is 2.70. The Bertz CT molecular complexity index is 665. The molecule has 0 unspecified atom stereocenters. The highest BCUT2D eigenvalue weighted by Gasteiger charge is 2.09. The van der Waals surface area contributed by atoms with E-state index in [9.17, 15) is 4.79 Å². The lowest BCUT2D eigenvalue weighted by molar-refractivity contribution is -0.141. The normalized spacial score (nSPS) is 11.3. The van der Waals surface area contributed by atoms with Crippen molar-refractivity contribution in [2.24, 2.45) is 11.0 Å². The minimum atomic E-state index is -0.283. The molecule has 0 aliphatic heterocycles. The van der Waals surface area contributed by atoms with Gasteiger partial charge in [0.15, 0.2) is 0 Å². The van der Waals surface area contributed by atoms with E-state index in [-0.39, 0.29) is 11.7 Å². The van der Waals surface area contributed by atoms with E-state index in [0.29, 0.717) is 29.4 Å². The van der Waals surface area contributed by atoms with Crippen molar-refractivity contribution in [2.45, 2.75) is 25.9 Å². The van der Waals surface area contributed by atoms with Crippen molar-refractivity contribution in [3.05, 3.63) is 23.7 Å². The van der Waals surface area contributed by atoms with E-state index >= 15 is 0 Å². The predicted octanol–water partition coefficient (Wildman–Crippen LogP) is 2.44. The topological polar surface area (TPSA) is 105 Å². The SMILES string of the molecule is Cc1ccc(/C=N\Nc2nc(SCC(=O)OCC(C)C)n[nH]2)o1. The zero-order chi connectivity index (χ0) is 16.7. The first-order valence-electron chi connectivity index (χ1n) is 7.09. The Kier molecular flexibility index (Phi) is 6.21. The lowest BCUT2D eigenvalue weighted by atomic mass is 10.2. The third kappa shape index (κ3) is 6.15. The molecule has 124 valence electrons. The molecule has 23 heavy (non-hydrogen) atoms. The number of hydrazone groups is 1. The summed E-state index contributed by atoms with van der Waals surface area (Å²) >= 11 is 1.20. The van der Waals surface area contributed by atoms with E-state index in [1.165, 1.54) is 18.0 Å². The molecule has 9 heteroatoms. The molecule has 2 aromatic heterocycles. The van der Waals surface area contributed by atoms with Gasteiger partial charge >= 0.3 is 5.97 Å². The molecule has 0 radical (unpaired) electrons. The Hall–Kier alpha value is -2.29. The highest BCUT2D eigenvalue weighted by Crippen LogP contribution is 2.14. The predicted molar refractivity (Wildman–Crippen MR) is 87.6 cm³/mol. The maximum Gasteiger partial charge on any atom is 0.316 e. The smallest absolute Gasteiger partial charge is 0.316 e. The van der Waals surface area contributed by atoms with Gasteiger partial charge in [-0.05, 0) is 25.0 Å². The van der Waals surface area contributed by atoms with Crippen molar-refractivity contribution >= 4 is 29.9 Å². The van der Waals surface area contributed by atoms with Crippen LogP contribution in [0.5, 0.6) is 0 Å². The van der Waals surface area contributed by atoms with Crippen LogP contribution in [-0.4, -0.2) is 39.7 Å². The number of H-pyrrole nitrogens is 1. The van der Waals surface area contributed by atoms with E-state index in [4.69, 9.17) is 9.15 Å². The van der Waals surface area contributed by atoms with Crippen molar-refractivity contribution < 1.29 is 13.9 Å². The average Bonchev–Trinajstić information content (AvgIpc) is 3.12. The zero-order valence-corrected chi connectivity index (χ0v) is 14.0. The second-order valence-electron chi connectivity index (χ2n) is 5.15. The van der Waals surface area contributed by atoms with Gasteiger partial charge in [0.1, 0.15) is 11.5 Å². The molecule has 2 aromatic rings. The lowest BCUT2D eigenvalue weighted by Gasteiger charge is -2.05. The van der Waals surface area contributed by atoms with Crippen LogP contribution in [0, 0.1) is 12.8 Å². The van der Waals surface area contributed by atoms with E-state index in [0.717, 1.165) is 5.76 Å². The number of nitrogens with one attached hydrogen (secondary N) is 2. The lowest BCUT2D eigenvalue weighted by Crippen LogP contribution is -2.11. The van der Waals surface area contributed by atoms with Crippen LogP contribution in [-0.2, 0) is 9.53 Å². The van der Waals surface area contributed by atoms with Crippen LogP contribution in [0.4, 0.5) is 5.95 Å². The third-order valence-corrected chi connectivity index (χ3v) is 3.31. The second kappa shape index (κ2) is 8.37. The fourth-order valence-corrected chi connectivity index (χ4v) is 2.06. The molecule has 0 aromatic carbocycles. The highest BCUT2D eigenvalue weighted by molar-refractivity contribution is 7.99. The van der Waals surface area contributed by atoms with Gasteiger partial charge in [0.05, 0.1) is 18.6 Å². The van der Waals surface area contributed by atoms with Crippen LogP contribution in [0.1, 0.15) is 25.4 Å². The molecule has 2 rings (SSSR count). The van der Waals surface area contributed by atoms with E-state index in [1.807, 2.05) is 32.9 Å². The number of aryl methyl sites for hydroxylation is 1. The van der Waals surface area contributed by atoms with Crippen LogP contribution in [0.2, 0.25) is 0 Å². The summed E-state index contributed by atoms with van der Waals surface area (Å²) in [5.74, 6) is 2.03. The minimum Gasteiger partial charge on any atom is -0.465 e. The van der Waals surface area contributed by atoms with Gasteiger partial charge in [0, 0.05) is 0 Å². The molecule has 2 N–H and O–H groups in total. The summed E-state index contributed by atoms with van der Waals surface area (Å²) in [7, 11) is 0. The van der Waals surface area contributed by atoms with Crippen LogP contribution >= 0.6 is 11.8 Å². The summed E-state index contributed by atoms with van der Waals surface area (Å²) in [6.07, 6.45) is 1.53. The summed E-state index contributed by atoms with van der Waals surface area (Å²) in [6, 6.07) is 3.66. The van der Waals surface area contributed by atoms with Gasteiger partial charge < -0.3 is 9.15 Å². The van der Waals surface area contributed by atoms with Crippen LogP contribution in [0.3, 0.4) is 0 Å². The molecular weight excluding hydrogens is 318 g/mol. The number of aromatic nitrogens is 3. The van der Waals surface area contributed by atoms with Crippen LogP contribution in [0.15, 0.2) is 26.8 Å². The maximum atomic E-state index is 11.5. The second-order valence-corrected chi connectivity index (χ2v) is 6.09. The van der Waals surface area contributed by atoms with Crippen molar-refractivity contribution in [3.8, 4) is 0 Å². The van der Waals surface area contributed by atoms with Gasteiger partial charge in [-0.1, -0.05) is 25.6 Å². The molecule has 2 heterocycles. The first-order valence-corrected chi connectivity index (χ1v) is 8.08. The fraction of sp³-hybridized carbons (Fsp3) is 0.429. The summed E-state index contributed by atoms with van der Waals surface area (Å²) < 4.78 is 10.4. The zero-order valence-electron chi connectivity index (χ0n) is 13.2. The molecule has 0 spiro atoms. The monoisotopic (exact) mass is 337 g/mol. The number of nitrogens with zero attached hydrogens (tertiary/aromatic N) is 3. The number of carbonyl (C=O) groups excluding carboxylic acids is 1. The maximum absolute atomic E-state index is 11.5. The molecule has 8 nitrogen and oxygen atoms in total. The Morgan fingerprint density at radius 3 is 3.09 bits per heavy atom. The number of carbonyl (C=O) groups is 1. The van der Waals surface area contributed by atoms with E-state index in [2.05, 4.69) is 25.7 Å². The number of rotatable bonds is 8. The molecule has 0 atom stereocenters. The highest BCUT2D eigenvalue weighted by atomic mass is 32.2. The standard InChI is InChI=1S/C14H19N5O3S/c1-9(2)7-21-12(20)8-23-14-16-13(18-19-14)17-15-6-11-5-4-10(3)22-11/h4-6,9H,7-8H2,1-3H3,(H2,16,17,18,19)/b15-6-. The quantitative estimate of drug-likeness (QED) is 0.330. The Balaban J connectivity index is 1.74. The van der Waals surface area contributed by atoms with Gasteiger partial charge in [-0.15, -0.1) is 5.10 Å². The number of furan rings is 1. The van der Waals surface area contributed by atoms with Gasteiger partial charge in [0.25, 0.3) is 0 Å². The van der Waals surface area contributed by atoms with Gasteiger partial charge in [-0.25, -0.2) is 10.5 Å². The molecule has 0 aliphatic rings.